The van der Waals surface area contributed by atoms with Gasteiger partial charge in [-0.25, -0.2) is 9.59 Å². The number of hydrogen-bond donors (Lipinski definition) is 0. The maximum absolute atomic E-state index is 12.3. The topological polar surface area (TPSA) is 71.1 Å². The molecule has 2 atom stereocenters. The normalized spacial score (nSPS) is 15.7. The summed E-state index contributed by atoms with van der Waals surface area (Å²) < 4.78 is 0. The van der Waals surface area contributed by atoms with E-state index in [0.29, 0.717) is 19.3 Å². The molecule has 6 heteroatoms. The van der Waals surface area contributed by atoms with Crippen LogP contribution >= 0.6 is 0 Å². The summed E-state index contributed by atoms with van der Waals surface area (Å²) in [4.78, 5) is 45.5. The van der Waals surface area contributed by atoms with E-state index in [2.05, 4.69) is 13.8 Å². The molecule has 0 aliphatic heterocycles. The highest BCUT2D eigenvalue weighted by molar-refractivity contribution is 5.72. The molecule has 0 N–H and O–H groups in total. The molecule has 166 valence electrons. The Morgan fingerprint density at radius 1 is 0.786 bits per heavy atom. The Morgan fingerprint density at radius 3 is 1.46 bits per heavy atom. The third kappa shape index (κ3) is 11.0. The smallest absolute Gasteiger partial charge is 0.295 e. The summed E-state index contributed by atoms with van der Waals surface area (Å²) in [5.74, 6) is -2.38. The molecule has 0 saturated heterocycles. The van der Waals surface area contributed by atoms with Gasteiger partial charge in [0.15, 0.2) is 0 Å². The Balaban J connectivity index is 4.83. The molecule has 0 aromatic carbocycles. The highest BCUT2D eigenvalue weighted by Crippen LogP contribution is 2.26. The van der Waals surface area contributed by atoms with Crippen molar-refractivity contribution in [3.05, 3.63) is 0 Å². The van der Waals surface area contributed by atoms with Crippen LogP contribution in [0, 0.1) is 17.8 Å². The molecule has 0 amide bonds. The zero-order valence-corrected chi connectivity index (χ0v) is 19.0. The van der Waals surface area contributed by atoms with Crippen molar-refractivity contribution in [1.82, 2.24) is 0 Å². The fourth-order valence-electron chi connectivity index (χ4n) is 3.10. The molecule has 0 aromatic heterocycles. The first kappa shape index (κ1) is 26.9. The third-order valence-electron chi connectivity index (χ3n) is 4.84. The fraction of sp³-hybridized carbons (Fsp3) is 0.909. The Kier molecular flexibility index (Phi) is 14.2. The van der Waals surface area contributed by atoms with Crippen molar-refractivity contribution in [2.75, 3.05) is 0 Å². The van der Waals surface area contributed by atoms with Gasteiger partial charge in [0.2, 0.25) is 0 Å². The second kappa shape index (κ2) is 14.8. The van der Waals surface area contributed by atoms with Crippen molar-refractivity contribution in [3.63, 3.8) is 0 Å². The number of carbonyl (C=O) groups is 2. The van der Waals surface area contributed by atoms with E-state index in [1.165, 1.54) is 0 Å². The van der Waals surface area contributed by atoms with E-state index < -0.39 is 17.7 Å². The monoisotopic (exact) mass is 402 g/mol. The lowest BCUT2D eigenvalue weighted by Crippen LogP contribution is -2.37. The predicted molar refractivity (Wildman–Crippen MR) is 109 cm³/mol. The van der Waals surface area contributed by atoms with Crippen LogP contribution in [0.3, 0.4) is 0 Å². The summed E-state index contributed by atoms with van der Waals surface area (Å²) in [6, 6.07) is 0. The van der Waals surface area contributed by atoms with Crippen molar-refractivity contribution in [1.29, 1.82) is 0 Å². The highest BCUT2D eigenvalue weighted by atomic mass is 17.3. The summed E-state index contributed by atoms with van der Waals surface area (Å²) in [5, 5.41) is 0. The molecule has 0 spiro atoms. The van der Waals surface area contributed by atoms with E-state index in [9.17, 15) is 9.59 Å². The van der Waals surface area contributed by atoms with Crippen LogP contribution in [-0.4, -0.2) is 17.7 Å². The Hall–Kier alpha value is -1.14. The van der Waals surface area contributed by atoms with Crippen LogP contribution in [0.1, 0.15) is 106 Å². The largest absolute Gasteiger partial charge is 0.345 e. The summed E-state index contributed by atoms with van der Waals surface area (Å²) in [6.45, 7) is 13.7. The lowest BCUT2D eigenvalue weighted by molar-refractivity contribution is -0.480. The van der Waals surface area contributed by atoms with Crippen LogP contribution in [-0.2, 0) is 29.1 Å². The Labute approximate surface area is 171 Å². The maximum Gasteiger partial charge on any atom is 0.345 e. The van der Waals surface area contributed by atoms with Gasteiger partial charge in [0.1, 0.15) is 0 Å². The van der Waals surface area contributed by atoms with Gasteiger partial charge < -0.3 is 0 Å². The average Bonchev–Trinajstić information content (AvgIpc) is 2.65. The molecule has 0 rings (SSSR count). The highest BCUT2D eigenvalue weighted by Gasteiger charge is 2.35. The van der Waals surface area contributed by atoms with E-state index >= 15 is 0 Å². The number of unbranched alkanes of at least 4 members (excludes halogenated alkanes) is 2. The van der Waals surface area contributed by atoms with Gasteiger partial charge in [-0.1, -0.05) is 67.2 Å². The van der Waals surface area contributed by atoms with Crippen LogP contribution in [0.2, 0.25) is 0 Å². The minimum Gasteiger partial charge on any atom is -0.295 e. The van der Waals surface area contributed by atoms with E-state index in [-0.39, 0.29) is 17.8 Å². The first-order chi connectivity index (χ1) is 13.2. The van der Waals surface area contributed by atoms with Gasteiger partial charge in [-0.15, -0.1) is 9.78 Å². The van der Waals surface area contributed by atoms with Gasteiger partial charge in [-0.3, -0.25) is 9.78 Å². The second-order valence-electron chi connectivity index (χ2n) is 8.20. The molecule has 0 aliphatic carbocycles. The average molecular weight is 403 g/mol. The molecule has 2 unspecified atom stereocenters. The first-order valence-corrected chi connectivity index (χ1v) is 11.0. The van der Waals surface area contributed by atoms with Gasteiger partial charge in [0.25, 0.3) is 5.79 Å². The van der Waals surface area contributed by atoms with E-state index in [1.807, 2.05) is 27.7 Å². The molecular formula is C22H42O6. The Bertz CT molecular complexity index is 403. The molecule has 6 nitrogen and oxygen atoms in total. The summed E-state index contributed by atoms with van der Waals surface area (Å²) in [5.41, 5.74) is 0. The minimum absolute atomic E-state index is 0.187. The quantitative estimate of drug-likeness (QED) is 0.176. The molecule has 0 aromatic rings. The molecule has 28 heavy (non-hydrogen) atoms. The molecule has 0 saturated carbocycles. The zero-order chi connectivity index (χ0) is 21.6. The fourth-order valence-corrected chi connectivity index (χ4v) is 3.10. The molecular weight excluding hydrogens is 360 g/mol. The van der Waals surface area contributed by atoms with Gasteiger partial charge >= 0.3 is 11.9 Å². The second-order valence-corrected chi connectivity index (χ2v) is 8.20. The number of hydrogen-bond acceptors (Lipinski definition) is 6. The molecule has 0 radical (unpaired) electrons. The van der Waals surface area contributed by atoms with E-state index in [4.69, 9.17) is 19.6 Å². The van der Waals surface area contributed by atoms with Crippen LogP contribution in [0.25, 0.3) is 0 Å². The summed E-state index contributed by atoms with van der Waals surface area (Å²) in [6.07, 6.45) is 7.27. The van der Waals surface area contributed by atoms with Crippen LogP contribution in [0.5, 0.6) is 0 Å². The van der Waals surface area contributed by atoms with Crippen LogP contribution in [0.4, 0.5) is 0 Å². The van der Waals surface area contributed by atoms with Gasteiger partial charge in [0.05, 0.1) is 11.8 Å². The van der Waals surface area contributed by atoms with E-state index in [0.717, 1.165) is 38.5 Å². The van der Waals surface area contributed by atoms with E-state index in [1.54, 1.807) is 6.92 Å². The SMILES string of the molecule is CCCCC(CC)C(=O)OOC(C)(CC(C)C)OOC(=O)C(CC)CCCC. The number of carbonyl (C=O) groups excluding carboxylic acids is 2. The third-order valence-corrected chi connectivity index (χ3v) is 4.84. The van der Waals surface area contributed by atoms with Crippen molar-refractivity contribution in [2.45, 2.75) is 112 Å². The molecule has 0 fully saturated rings. The van der Waals surface area contributed by atoms with Crippen LogP contribution in [0.15, 0.2) is 0 Å². The lowest BCUT2D eigenvalue weighted by atomic mass is 10.00. The van der Waals surface area contributed by atoms with Gasteiger partial charge in [-0.2, -0.15) is 0 Å². The van der Waals surface area contributed by atoms with Crippen molar-refractivity contribution >= 4 is 11.9 Å². The predicted octanol–water partition coefficient (Wildman–Crippen LogP) is 6.13. The van der Waals surface area contributed by atoms with Crippen LogP contribution < -0.4 is 0 Å². The molecule has 0 aliphatic rings. The molecule has 0 heterocycles. The summed E-state index contributed by atoms with van der Waals surface area (Å²) in [7, 11) is 0. The number of rotatable bonds is 16. The van der Waals surface area contributed by atoms with Gasteiger partial charge in [-0.05, 0) is 38.5 Å². The first-order valence-electron chi connectivity index (χ1n) is 11.0. The maximum atomic E-state index is 12.3. The van der Waals surface area contributed by atoms with Crippen molar-refractivity contribution in [3.8, 4) is 0 Å². The summed E-state index contributed by atoms with van der Waals surface area (Å²) >= 11 is 0. The van der Waals surface area contributed by atoms with Gasteiger partial charge in [0, 0.05) is 6.42 Å². The Morgan fingerprint density at radius 2 is 1.18 bits per heavy atom. The standard InChI is InChI=1S/C22H42O6/c1-8-12-14-18(10-3)20(23)25-27-22(7,16-17(5)6)28-26-21(24)19(11-4)15-13-9-2/h17-19H,8-16H2,1-7H3. The zero-order valence-electron chi connectivity index (χ0n) is 19.0. The minimum atomic E-state index is -1.34. The lowest BCUT2D eigenvalue weighted by Gasteiger charge is -2.28. The molecule has 0 bridgehead atoms. The van der Waals surface area contributed by atoms with Crippen molar-refractivity contribution in [2.24, 2.45) is 17.8 Å². The van der Waals surface area contributed by atoms with Crippen molar-refractivity contribution < 1.29 is 29.1 Å².